The van der Waals surface area contributed by atoms with E-state index in [1.165, 1.54) is 21.9 Å². The molecular weight excluding hydrogens is 184 g/mol. The normalized spacial score (nSPS) is 10.6. The van der Waals surface area contributed by atoms with Crippen molar-refractivity contribution >= 4 is 10.8 Å². The van der Waals surface area contributed by atoms with Gasteiger partial charge in [0.1, 0.15) is 5.75 Å². The lowest BCUT2D eigenvalue weighted by Gasteiger charge is -2.13. The van der Waals surface area contributed by atoms with Crippen LogP contribution in [0.4, 0.5) is 0 Å². The molecule has 1 nitrogen and oxygen atoms in total. The highest BCUT2D eigenvalue weighted by Crippen LogP contribution is 2.32. The summed E-state index contributed by atoms with van der Waals surface area (Å²) in [7, 11) is 1.75. The highest BCUT2D eigenvalue weighted by molar-refractivity contribution is 5.90. The molecule has 0 fully saturated rings. The Labute approximate surface area is 90.7 Å². The first-order valence-electron chi connectivity index (χ1n) is 5.33. The van der Waals surface area contributed by atoms with Gasteiger partial charge in [0.25, 0.3) is 0 Å². The van der Waals surface area contributed by atoms with Gasteiger partial charge in [-0.2, -0.15) is 0 Å². The number of fused-ring (bicyclic) bond motifs is 1. The molecule has 0 radical (unpaired) electrons. The molecule has 1 heteroatoms. The zero-order valence-corrected chi connectivity index (χ0v) is 9.50. The van der Waals surface area contributed by atoms with Gasteiger partial charge < -0.3 is 4.74 Å². The Kier molecular flexibility index (Phi) is 2.63. The zero-order chi connectivity index (χ0) is 10.8. The molecule has 0 spiro atoms. The second-order valence-electron chi connectivity index (χ2n) is 3.78. The maximum atomic E-state index is 5.53. The molecule has 2 rings (SSSR count). The summed E-state index contributed by atoms with van der Waals surface area (Å²) in [5.74, 6) is 1.04. The Morgan fingerprint density at radius 1 is 1.20 bits per heavy atom. The number of methoxy groups -OCH3 is 1. The summed E-state index contributed by atoms with van der Waals surface area (Å²) in [6, 6.07) is 10.6. The number of hydrogen-bond donors (Lipinski definition) is 0. The average molecular weight is 200 g/mol. The van der Waals surface area contributed by atoms with Crippen molar-refractivity contribution < 1.29 is 4.74 Å². The molecule has 0 atom stereocenters. The van der Waals surface area contributed by atoms with Gasteiger partial charge >= 0.3 is 0 Å². The summed E-state index contributed by atoms with van der Waals surface area (Å²) in [5, 5.41) is 2.46. The molecular formula is C14H16O. The first-order valence-corrected chi connectivity index (χ1v) is 5.33. The van der Waals surface area contributed by atoms with E-state index >= 15 is 0 Å². The van der Waals surface area contributed by atoms with Gasteiger partial charge in [0, 0.05) is 5.39 Å². The monoisotopic (exact) mass is 200 g/mol. The van der Waals surface area contributed by atoms with Crippen molar-refractivity contribution in [3.63, 3.8) is 0 Å². The number of rotatable bonds is 2. The van der Waals surface area contributed by atoms with Crippen LogP contribution in [0.25, 0.3) is 10.8 Å². The Bertz CT molecular complexity index is 486. The highest BCUT2D eigenvalue weighted by atomic mass is 16.5. The third-order valence-electron chi connectivity index (χ3n) is 2.89. The standard InChI is InChI=1S/C14H16O/c1-4-12-10(2)9-11-7-5-6-8-13(11)14(12)15-3/h5-9H,4H2,1-3H3. The summed E-state index contributed by atoms with van der Waals surface area (Å²) >= 11 is 0. The molecule has 0 saturated heterocycles. The van der Waals surface area contributed by atoms with Crippen LogP contribution in [0.5, 0.6) is 5.75 Å². The van der Waals surface area contributed by atoms with E-state index in [2.05, 4.69) is 44.2 Å². The SMILES string of the molecule is CCc1c(C)cc2ccccc2c1OC. The second-order valence-corrected chi connectivity index (χ2v) is 3.78. The van der Waals surface area contributed by atoms with E-state index in [1.807, 2.05) is 0 Å². The summed E-state index contributed by atoms with van der Waals surface area (Å²) in [6.07, 6.45) is 1.01. The fourth-order valence-electron chi connectivity index (χ4n) is 2.16. The van der Waals surface area contributed by atoms with E-state index in [1.54, 1.807) is 7.11 Å². The van der Waals surface area contributed by atoms with Crippen LogP contribution in [0.2, 0.25) is 0 Å². The molecule has 0 aliphatic rings. The average Bonchev–Trinajstić information content (AvgIpc) is 2.27. The lowest BCUT2D eigenvalue weighted by atomic mass is 9.98. The fraction of sp³-hybridized carbons (Fsp3) is 0.286. The van der Waals surface area contributed by atoms with Gasteiger partial charge in [-0.25, -0.2) is 0 Å². The fourth-order valence-corrected chi connectivity index (χ4v) is 2.16. The molecule has 0 N–H and O–H groups in total. The van der Waals surface area contributed by atoms with Gasteiger partial charge in [-0.05, 0) is 29.9 Å². The summed E-state index contributed by atoms with van der Waals surface area (Å²) in [6.45, 7) is 4.31. The predicted octanol–water partition coefficient (Wildman–Crippen LogP) is 3.72. The topological polar surface area (TPSA) is 9.23 Å². The molecule has 0 heterocycles. The Balaban J connectivity index is 2.84. The highest BCUT2D eigenvalue weighted by Gasteiger charge is 2.09. The molecule has 0 aromatic heterocycles. The number of aryl methyl sites for hydroxylation is 1. The van der Waals surface area contributed by atoms with Gasteiger partial charge in [0.2, 0.25) is 0 Å². The van der Waals surface area contributed by atoms with Crippen LogP contribution in [0, 0.1) is 6.92 Å². The molecule has 0 aliphatic carbocycles. The van der Waals surface area contributed by atoms with Gasteiger partial charge in [-0.3, -0.25) is 0 Å². The van der Waals surface area contributed by atoms with Crippen LogP contribution in [-0.4, -0.2) is 7.11 Å². The van der Waals surface area contributed by atoms with Crippen molar-refractivity contribution in [2.45, 2.75) is 20.3 Å². The Morgan fingerprint density at radius 3 is 2.60 bits per heavy atom. The molecule has 0 aliphatic heterocycles. The van der Waals surface area contributed by atoms with Crippen LogP contribution in [0.3, 0.4) is 0 Å². The van der Waals surface area contributed by atoms with Gasteiger partial charge in [-0.15, -0.1) is 0 Å². The second kappa shape index (κ2) is 3.93. The molecule has 0 saturated carbocycles. The molecule has 15 heavy (non-hydrogen) atoms. The van der Waals surface area contributed by atoms with Crippen molar-refractivity contribution in [3.05, 3.63) is 41.5 Å². The van der Waals surface area contributed by atoms with Gasteiger partial charge in [0.15, 0.2) is 0 Å². The van der Waals surface area contributed by atoms with Crippen LogP contribution < -0.4 is 4.74 Å². The minimum absolute atomic E-state index is 1.01. The van der Waals surface area contributed by atoms with Crippen molar-refractivity contribution in [2.24, 2.45) is 0 Å². The molecule has 2 aromatic rings. The molecule has 0 amide bonds. The smallest absolute Gasteiger partial charge is 0.130 e. The first kappa shape index (κ1) is 10.0. The lowest BCUT2D eigenvalue weighted by Crippen LogP contribution is -1.95. The van der Waals surface area contributed by atoms with E-state index < -0.39 is 0 Å². The van der Waals surface area contributed by atoms with Crippen LogP contribution in [-0.2, 0) is 6.42 Å². The summed E-state index contributed by atoms with van der Waals surface area (Å²) < 4.78 is 5.53. The van der Waals surface area contributed by atoms with Crippen molar-refractivity contribution in [1.29, 1.82) is 0 Å². The number of hydrogen-bond acceptors (Lipinski definition) is 1. The Hall–Kier alpha value is -1.50. The molecule has 0 unspecified atom stereocenters. The van der Waals surface area contributed by atoms with Crippen LogP contribution in [0.1, 0.15) is 18.1 Å². The molecule has 78 valence electrons. The van der Waals surface area contributed by atoms with Crippen molar-refractivity contribution in [3.8, 4) is 5.75 Å². The minimum atomic E-state index is 1.01. The first-order chi connectivity index (χ1) is 7.27. The maximum Gasteiger partial charge on any atom is 0.130 e. The van der Waals surface area contributed by atoms with Crippen molar-refractivity contribution in [1.82, 2.24) is 0 Å². The summed E-state index contributed by atoms with van der Waals surface area (Å²) in [4.78, 5) is 0. The predicted molar refractivity (Wildman–Crippen MR) is 64.6 cm³/mol. The van der Waals surface area contributed by atoms with E-state index in [0.717, 1.165) is 12.2 Å². The van der Waals surface area contributed by atoms with E-state index in [0.29, 0.717) is 0 Å². The van der Waals surface area contributed by atoms with Gasteiger partial charge in [-0.1, -0.05) is 37.3 Å². The van der Waals surface area contributed by atoms with E-state index in [9.17, 15) is 0 Å². The Morgan fingerprint density at radius 2 is 1.93 bits per heavy atom. The van der Waals surface area contributed by atoms with Crippen LogP contribution in [0.15, 0.2) is 30.3 Å². The quantitative estimate of drug-likeness (QED) is 0.718. The third-order valence-corrected chi connectivity index (χ3v) is 2.89. The van der Waals surface area contributed by atoms with Gasteiger partial charge in [0.05, 0.1) is 7.11 Å². The minimum Gasteiger partial charge on any atom is -0.496 e. The molecule has 0 bridgehead atoms. The third kappa shape index (κ3) is 1.58. The zero-order valence-electron chi connectivity index (χ0n) is 9.50. The number of benzene rings is 2. The van der Waals surface area contributed by atoms with Crippen molar-refractivity contribution in [2.75, 3.05) is 7.11 Å². The maximum absolute atomic E-state index is 5.53. The molecule has 2 aromatic carbocycles. The van der Waals surface area contributed by atoms with Crippen LogP contribution >= 0.6 is 0 Å². The van der Waals surface area contributed by atoms with E-state index in [-0.39, 0.29) is 0 Å². The van der Waals surface area contributed by atoms with E-state index in [4.69, 9.17) is 4.74 Å². The largest absolute Gasteiger partial charge is 0.496 e. The lowest BCUT2D eigenvalue weighted by molar-refractivity contribution is 0.415. The summed E-state index contributed by atoms with van der Waals surface area (Å²) in [5.41, 5.74) is 2.63. The number of ether oxygens (including phenoxy) is 1.